The molecule has 26 heavy (non-hydrogen) atoms. The predicted octanol–water partition coefficient (Wildman–Crippen LogP) is 2.01. The third kappa shape index (κ3) is 3.75. The van der Waals surface area contributed by atoms with Gasteiger partial charge in [-0.3, -0.25) is 14.2 Å². The molecule has 0 bridgehead atoms. The van der Waals surface area contributed by atoms with Crippen LogP contribution < -0.4 is 10.9 Å². The van der Waals surface area contributed by atoms with Crippen LogP contribution in [-0.2, 0) is 4.79 Å². The summed E-state index contributed by atoms with van der Waals surface area (Å²) in [5.74, 6) is -3.23. The smallest absolute Gasteiger partial charge is 0.261 e. The van der Waals surface area contributed by atoms with E-state index in [-0.39, 0.29) is 24.9 Å². The molecule has 3 rings (SSSR count). The number of aromatic nitrogens is 2. The van der Waals surface area contributed by atoms with Crippen LogP contribution in [0.4, 0.5) is 8.78 Å². The number of alkyl halides is 2. The second kappa shape index (κ2) is 6.75. The van der Waals surface area contributed by atoms with Crippen LogP contribution in [-0.4, -0.2) is 38.6 Å². The van der Waals surface area contributed by atoms with Gasteiger partial charge in [0.25, 0.3) is 5.56 Å². The van der Waals surface area contributed by atoms with Crippen molar-refractivity contribution in [2.75, 3.05) is 6.54 Å². The van der Waals surface area contributed by atoms with E-state index in [1.54, 1.807) is 31.2 Å². The zero-order chi connectivity index (χ0) is 18.9. The molecule has 0 radical (unpaired) electrons. The van der Waals surface area contributed by atoms with Gasteiger partial charge in [0.05, 0.1) is 22.8 Å². The monoisotopic (exact) mass is 365 g/mol. The Bertz CT molecular complexity index is 871. The average Bonchev–Trinajstić information content (AvgIpc) is 2.63. The molecule has 1 atom stereocenters. The SMILES string of the molecule is C[C@H](C(=O)NCC1(O)CCC(F)(F)CC1)n1cnc2ccccc2c1=O. The van der Waals surface area contributed by atoms with Crippen molar-refractivity contribution in [2.45, 2.75) is 50.2 Å². The number of carbonyl (C=O) groups is 1. The Morgan fingerprint density at radius 2 is 1.96 bits per heavy atom. The van der Waals surface area contributed by atoms with Crippen molar-refractivity contribution in [2.24, 2.45) is 0 Å². The first-order valence-corrected chi connectivity index (χ1v) is 8.55. The normalized spacial score (nSPS) is 19.8. The Morgan fingerprint density at radius 1 is 1.31 bits per heavy atom. The Morgan fingerprint density at radius 3 is 2.65 bits per heavy atom. The summed E-state index contributed by atoms with van der Waals surface area (Å²) in [4.78, 5) is 29.1. The highest BCUT2D eigenvalue weighted by Gasteiger charge is 2.42. The largest absolute Gasteiger partial charge is 0.388 e. The fourth-order valence-corrected chi connectivity index (χ4v) is 3.14. The molecule has 1 saturated carbocycles. The average molecular weight is 365 g/mol. The lowest BCUT2D eigenvalue weighted by atomic mass is 9.82. The van der Waals surface area contributed by atoms with Crippen LogP contribution in [0.1, 0.15) is 38.6 Å². The Hall–Kier alpha value is -2.35. The molecule has 0 spiro atoms. The van der Waals surface area contributed by atoms with E-state index >= 15 is 0 Å². The first-order valence-electron chi connectivity index (χ1n) is 8.55. The van der Waals surface area contributed by atoms with Crippen molar-refractivity contribution in [3.63, 3.8) is 0 Å². The lowest BCUT2D eigenvalue weighted by molar-refractivity contribution is -0.128. The van der Waals surface area contributed by atoms with E-state index in [4.69, 9.17) is 0 Å². The molecular weight excluding hydrogens is 344 g/mol. The first kappa shape index (κ1) is 18.4. The Kier molecular flexibility index (Phi) is 4.79. The zero-order valence-electron chi connectivity index (χ0n) is 14.4. The van der Waals surface area contributed by atoms with Crippen LogP contribution in [0, 0.1) is 0 Å². The molecule has 8 heteroatoms. The molecule has 1 aromatic heterocycles. The van der Waals surface area contributed by atoms with E-state index < -0.39 is 36.3 Å². The van der Waals surface area contributed by atoms with Gasteiger partial charge >= 0.3 is 0 Å². The van der Waals surface area contributed by atoms with Crippen LogP contribution in [0.2, 0.25) is 0 Å². The number of benzene rings is 1. The van der Waals surface area contributed by atoms with E-state index in [9.17, 15) is 23.5 Å². The number of fused-ring (bicyclic) bond motifs is 1. The van der Waals surface area contributed by atoms with Gasteiger partial charge in [0.2, 0.25) is 11.8 Å². The third-order valence-electron chi connectivity index (χ3n) is 4.99. The summed E-state index contributed by atoms with van der Waals surface area (Å²) in [6.45, 7) is 1.42. The topological polar surface area (TPSA) is 84.2 Å². The minimum atomic E-state index is -2.76. The van der Waals surface area contributed by atoms with Gasteiger partial charge in [-0.2, -0.15) is 0 Å². The summed E-state index contributed by atoms with van der Waals surface area (Å²) in [5, 5.41) is 13.3. The molecule has 1 fully saturated rings. The van der Waals surface area contributed by atoms with Gasteiger partial charge in [-0.15, -0.1) is 0 Å². The van der Waals surface area contributed by atoms with E-state index in [0.29, 0.717) is 10.9 Å². The molecule has 0 saturated heterocycles. The van der Waals surface area contributed by atoms with Gasteiger partial charge in [-0.1, -0.05) is 12.1 Å². The van der Waals surface area contributed by atoms with Gasteiger partial charge in [-0.05, 0) is 31.9 Å². The summed E-state index contributed by atoms with van der Waals surface area (Å²) < 4.78 is 27.7. The van der Waals surface area contributed by atoms with Crippen molar-refractivity contribution < 1.29 is 18.7 Å². The van der Waals surface area contributed by atoms with Crippen molar-refractivity contribution >= 4 is 16.8 Å². The summed E-state index contributed by atoms with van der Waals surface area (Å²) in [6, 6.07) is 5.99. The number of hydrogen-bond acceptors (Lipinski definition) is 4. The molecule has 1 aliphatic rings. The standard InChI is InChI=1S/C18H21F2N3O3/c1-12(23-11-22-14-5-3-2-4-13(14)16(23)25)15(24)21-10-17(26)6-8-18(19,20)9-7-17/h2-5,11-12,26H,6-10H2,1H3,(H,21,24)/t12-/m1/s1. The molecule has 0 aliphatic heterocycles. The quantitative estimate of drug-likeness (QED) is 0.868. The minimum Gasteiger partial charge on any atom is -0.388 e. The molecule has 2 aromatic rings. The number of carbonyl (C=O) groups excluding carboxylic acids is 1. The number of nitrogens with zero attached hydrogens (tertiary/aromatic N) is 2. The summed E-state index contributed by atoms with van der Waals surface area (Å²) in [7, 11) is 0. The number of amides is 1. The first-order chi connectivity index (χ1) is 12.2. The van der Waals surface area contributed by atoms with Gasteiger partial charge in [-0.25, -0.2) is 13.8 Å². The molecule has 1 heterocycles. The lowest BCUT2D eigenvalue weighted by Crippen LogP contribution is -2.48. The number of nitrogens with one attached hydrogen (secondary N) is 1. The number of para-hydroxylation sites is 1. The molecule has 1 aromatic carbocycles. The predicted molar refractivity (Wildman–Crippen MR) is 92.1 cm³/mol. The van der Waals surface area contributed by atoms with Crippen molar-refractivity contribution in [3.05, 3.63) is 40.9 Å². The molecule has 140 valence electrons. The maximum atomic E-state index is 13.2. The van der Waals surface area contributed by atoms with Gasteiger partial charge in [0, 0.05) is 19.4 Å². The maximum absolute atomic E-state index is 13.2. The zero-order valence-corrected chi connectivity index (χ0v) is 14.4. The third-order valence-corrected chi connectivity index (χ3v) is 4.99. The van der Waals surface area contributed by atoms with Crippen molar-refractivity contribution in [3.8, 4) is 0 Å². The van der Waals surface area contributed by atoms with Crippen molar-refractivity contribution in [1.29, 1.82) is 0 Å². The van der Waals surface area contributed by atoms with E-state index in [2.05, 4.69) is 10.3 Å². The summed E-state index contributed by atoms with van der Waals surface area (Å²) in [6.07, 6.45) is 0.356. The summed E-state index contributed by atoms with van der Waals surface area (Å²) in [5.41, 5.74) is -1.14. The number of aliphatic hydroxyl groups is 1. The maximum Gasteiger partial charge on any atom is 0.261 e. The molecule has 6 nitrogen and oxygen atoms in total. The number of hydrogen-bond donors (Lipinski definition) is 2. The highest BCUT2D eigenvalue weighted by atomic mass is 19.3. The second-order valence-electron chi connectivity index (χ2n) is 6.95. The van der Waals surface area contributed by atoms with Gasteiger partial charge < -0.3 is 10.4 Å². The van der Waals surface area contributed by atoms with Crippen molar-refractivity contribution in [1.82, 2.24) is 14.9 Å². The van der Waals surface area contributed by atoms with Crippen LogP contribution in [0.3, 0.4) is 0 Å². The number of rotatable bonds is 4. The lowest BCUT2D eigenvalue weighted by Gasteiger charge is -2.36. The van der Waals surface area contributed by atoms with E-state index in [1.807, 2.05) is 0 Å². The van der Waals surface area contributed by atoms with Crippen LogP contribution in [0.5, 0.6) is 0 Å². The Labute approximate surface area is 148 Å². The van der Waals surface area contributed by atoms with Crippen LogP contribution in [0.15, 0.2) is 35.4 Å². The number of halogens is 2. The van der Waals surface area contributed by atoms with E-state index in [1.165, 1.54) is 10.9 Å². The van der Waals surface area contributed by atoms with Gasteiger partial charge in [0.15, 0.2) is 0 Å². The van der Waals surface area contributed by atoms with E-state index in [0.717, 1.165) is 0 Å². The fraction of sp³-hybridized carbons (Fsp3) is 0.500. The Balaban J connectivity index is 1.69. The molecular formula is C18H21F2N3O3. The molecule has 1 amide bonds. The molecule has 0 unspecified atom stereocenters. The fourth-order valence-electron chi connectivity index (χ4n) is 3.14. The second-order valence-corrected chi connectivity index (χ2v) is 6.95. The van der Waals surface area contributed by atoms with Crippen LogP contribution in [0.25, 0.3) is 10.9 Å². The highest BCUT2D eigenvalue weighted by Crippen LogP contribution is 2.38. The minimum absolute atomic E-state index is 0.0772. The molecule has 2 N–H and O–H groups in total. The highest BCUT2D eigenvalue weighted by molar-refractivity contribution is 5.81. The van der Waals surface area contributed by atoms with Gasteiger partial charge in [0.1, 0.15) is 6.04 Å². The molecule has 1 aliphatic carbocycles. The van der Waals surface area contributed by atoms with Crippen LogP contribution >= 0.6 is 0 Å². The summed E-state index contributed by atoms with van der Waals surface area (Å²) >= 11 is 0.